The monoisotopic (exact) mass is 296 g/mol. The molecule has 0 radical (unpaired) electrons. The molecule has 19 heavy (non-hydrogen) atoms. The second-order valence-electron chi connectivity index (χ2n) is 8.79. The van der Waals surface area contributed by atoms with E-state index in [9.17, 15) is 0 Å². The fourth-order valence-electron chi connectivity index (χ4n) is 4.82. The molecule has 2 fully saturated rings. The molecule has 0 aromatic carbocycles. The molecular weight excluding hydrogens is 260 g/mol. The van der Waals surface area contributed by atoms with Gasteiger partial charge in [-0.2, -0.15) is 0 Å². The summed E-state index contributed by atoms with van der Waals surface area (Å²) >= 11 is 0. The second kappa shape index (κ2) is 6.47. The van der Waals surface area contributed by atoms with Gasteiger partial charge in [0, 0.05) is 0 Å². The van der Waals surface area contributed by atoms with E-state index in [1.165, 1.54) is 36.8 Å². The molecule has 0 unspecified atom stereocenters. The van der Waals surface area contributed by atoms with Gasteiger partial charge in [-0.05, 0) is 11.1 Å². The zero-order valence-corrected chi connectivity index (χ0v) is 15.9. The Kier molecular flexibility index (Phi) is 5.38. The predicted octanol–water partition coefficient (Wildman–Crippen LogP) is 6.68. The zero-order chi connectivity index (χ0) is 13.9. The summed E-state index contributed by atoms with van der Waals surface area (Å²) in [7, 11) is -1.77. The third kappa shape index (κ3) is 4.20. The first-order valence-electron chi connectivity index (χ1n) is 8.92. The van der Waals surface area contributed by atoms with Crippen LogP contribution in [0.3, 0.4) is 0 Å². The van der Waals surface area contributed by atoms with Gasteiger partial charge >= 0.3 is 0 Å². The van der Waals surface area contributed by atoms with E-state index in [0.717, 1.165) is 0 Å². The van der Waals surface area contributed by atoms with Crippen molar-refractivity contribution < 1.29 is 0 Å². The van der Waals surface area contributed by atoms with Crippen LogP contribution in [0.4, 0.5) is 0 Å². The lowest BCUT2D eigenvalue weighted by molar-refractivity contribution is 0.799. The molecule has 2 aliphatic rings. The maximum atomic E-state index is 2.69. The maximum Gasteiger partial charge on any atom is 0.0504 e. The van der Waals surface area contributed by atoms with E-state index in [-0.39, 0.29) is 0 Å². The van der Waals surface area contributed by atoms with Crippen LogP contribution in [0.5, 0.6) is 0 Å². The topological polar surface area (TPSA) is 0 Å². The first kappa shape index (κ1) is 15.8. The van der Waals surface area contributed by atoms with Crippen LogP contribution in [0.25, 0.3) is 0 Å². The fraction of sp³-hybridized carbons (Fsp3) is 1.00. The van der Waals surface area contributed by atoms with Crippen molar-refractivity contribution >= 4 is 16.1 Å². The summed E-state index contributed by atoms with van der Waals surface area (Å²) in [5, 5.41) is 0. The van der Waals surface area contributed by atoms with Gasteiger partial charge in [-0.25, -0.2) is 0 Å². The molecule has 2 aliphatic carbocycles. The molecule has 2 heteroatoms. The number of rotatable bonds is 6. The summed E-state index contributed by atoms with van der Waals surface area (Å²) in [4.78, 5) is 0. The van der Waals surface area contributed by atoms with Crippen molar-refractivity contribution in [2.45, 2.75) is 107 Å². The van der Waals surface area contributed by atoms with E-state index in [0.29, 0.717) is 0 Å². The summed E-state index contributed by atoms with van der Waals surface area (Å²) in [5.74, 6) is 0. The minimum absolute atomic E-state index is 0.887. The van der Waals surface area contributed by atoms with Crippen LogP contribution in [0, 0.1) is 0 Å². The summed E-state index contributed by atoms with van der Waals surface area (Å²) in [5.41, 5.74) is 2.34. The first-order chi connectivity index (χ1) is 8.92. The van der Waals surface area contributed by atoms with Crippen molar-refractivity contribution in [3.63, 3.8) is 0 Å². The second-order valence-corrected chi connectivity index (χ2v) is 19.4. The Labute approximate surface area is 123 Å². The normalized spacial score (nSPS) is 23.4. The summed E-state index contributed by atoms with van der Waals surface area (Å²) in [6.07, 6.45) is 14.0. The summed E-state index contributed by atoms with van der Waals surface area (Å²) in [6.45, 7) is 10.8. The lowest BCUT2D eigenvalue weighted by Gasteiger charge is -2.33. The van der Waals surface area contributed by atoms with Gasteiger partial charge in [-0.3, -0.25) is 0 Å². The van der Waals surface area contributed by atoms with Crippen LogP contribution in [0.2, 0.25) is 49.4 Å². The minimum atomic E-state index is -0.887. The van der Waals surface area contributed by atoms with Gasteiger partial charge in [-0.15, -0.1) is 0 Å². The van der Waals surface area contributed by atoms with Crippen LogP contribution in [0.1, 0.15) is 57.8 Å². The van der Waals surface area contributed by atoms with Gasteiger partial charge in [0.15, 0.2) is 0 Å². The van der Waals surface area contributed by atoms with Crippen molar-refractivity contribution in [1.82, 2.24) is 0 Å². The summed E-state index contributed by atoms with van der Waals surface area (Å²) in [6, 6.07) is 3.25. The van der Waals surface area contributed by atoms with E-state index in [1.54, 1.807) is 44.2 Å². The Balaban J connectivity index is 1.75. The van der Waals surface area contributed by atoms with Crippen molar-refractivity contribution in [3.8, 4) is 0 Å². The molecule has 0 spiro atoms. The van der Waals surface area contributed by atoms with E-state index in [2.05, 4.69) is 26.2 Å². The predicted molar refractivity (Wildman–Crippen MR) is 93.6 cm³/mol. The van der Waals surface area contributed by atoms with E-state index in [1.807, 2.05) is 0 Å². The van der Waals surface area contributed by atoms with Crippen LogP contribution in [-0.2, 0) is 0 Å². The van der Waals surface area contributed by atoms with E-state index < -0.39 is 16.1 Å². The van der Waals surface area contributed by atoms with Gasteiger partial charge in [0.2, 0.25) is 0 Å². The van der Waals surface area contributed by atoms with Gasteiger partial charge in [-0.1, -0.05) is 96.1 Å². The molecule has 0 atom stereocenters. The Morgan fingerprint density at radius 3 is 1.26 bits per heavy atom. The SMILES string of the molecule is C[Si](C)(CCC[Si](C)(C)C1CCCC1)C1CCCC1. The molecule has 0 aromatic rings. The molecule has 2 saturated carbocycles. The third-order valence-corrected chi connectivity index (χ3v) is 15.4. The number of hydrogen-bond donors (Lipinski definition) is 0. The van der Waals surface area contributed by atoms with Crippen LogP contribution >= 0.6 is 0 Å². The maximum absolute atomic E-state index is 2.69. The molecular formula is C17H36Si2. The quantitative estimate of drug-likeness (QED) is 0.479. The van der Waals surface area contributed by atoms with Crippen molar-refractivity contribution in [2.24, 2.45) is 0 Å². The molecule has 0 aliphatic heterocycles. The molecule has 0 heterocycles. The van der Waals surface area contributed by atoms with Crippen LogP contribution in [-0.4, -0.2) is 16.1 Å². The molecule has 112 valence electrons. The largest absolute Gasteiger partial charge is 0.0691 e. The molecule has 0 nitrogen and oxygen atoms in total. The molecule has 0 aromatic heterocycles. The Hall–Kier alpha value is 0.434. The highest BCUT2D eigenvalue weighted by Crippen LogP contribution is 2.44. The van der Waals surface area contributed by atoms with Gasteiger partial charge in [0.25, 0.3) is 0 Å². The van der Waals surface area contributed by atoms with Crippen molar-refractivity contribution in [3.05, 3.63) is 0 Å². The Morgan fingerprint density at radius 1 is 0.632 bits per heavy atom. The molecule has 0 amide bonds. The lowest BCUT2D eigenvalue weighted by atomic mass is 10.4. The Bertz CT molecular complexity index is 243. The van der Waals surface area contributed by atoms with E-state index in [4.69, 9.17) is 0 Å². The third-order valence-electron chi connectivity index (χ3n) is 6.56. The van der Waals surface area contributed by atoms with Crippen LogP contribution in [0.15, 0.2) is 0 Å². The van der Waals surface area contributed by atoms with Crippen LogP contribution < -0.4 is 0 Å². The van der Waals surface area contributed by atoms with Gasteiger partial charge in [0.1, 0.15) is 0 Å². The molecule has 0 saturated heterocycles. The number of hydrogen-bond acceptors (Lipinski definition) is 0. The molecule has 2 rings (SSSR count). The zero-order valence-electron chi connectivity index (χ0n) is 13.9. The lowest BCUT2D eigenvalue weighted by Crippen LogP contribution is -2.34. The summed E-state index contributed by atoms with van der Waals surface area (Å²) < 4.78 is 0. The highest BCUT2D eigenvalue weighted by atomic mass is 28.3. The standard InChI is InChI=1S/C17H36Si2/c1-18(2,16-10-5-6-11-16)14-9-15-19(3,4)17-12-7-8-13-17/h16-17H,5-15H2,1-4H3. The minimum Gasteiger partial charge on any atom is -0.0691 e. The average molecular weight is 297 g/mol. The van der Waals surface area contributed by atoms with Gasteiger partial charge < -0.3 is 0 Å². The van der Waals surface area contributed by atoms with E-state index >= 15 is 0 Å². The molecule has 0 bridgehead atoms. The van der Waals surface area contributed by atoms with Crippen molar-refractivity contribution in [2.75, 3.05) is 0 Å². The highest BCUT2D eigenvalue weighted by molar-refractivity contribution is 6.80. The van der Waals surface area contributed by atoms with Crippen molar-refractivity contribution in [1.29, 1.82) is 0 Å². The Morgan fingerprint density at radius 2 is 0.947 bits per heavy atom. The fourth-order valence-corrected chi connectivity index (χ4v) is 12.1. The smallest absolute Gasteiger partial charge is 0.0504 e. The van der Waals surface area contributed by atoms with Gasteiger partial charge in [0.05, 0.1) is 16.1 Å². The molecule has 0 N–H and O–H groups in total. The first-order valence-corrected chi connectivity index (χ1v) is 15.5. The highest BCUT2D eigenvalue weighted by Gasteiger charge is 2.36. The average Bonchev–Trinajstić information content (AvgIpc) is 3.03.